The van der Waals surface area contributed by atoms with Crippen LogP contribution in [0.1, 0.15) is 0 Å². The van der Waals surface area contributed by atoms with Crippen molar-refractivity contribution in [1.82, 2.24) is 15.0 Å². The van der Waals surface area contributed by atoms with Gasteiger partial charge in [-0.25, -0.2) is 4.79 Å². The summed E-state index contributed by atoms with van der Waals surface area (Å²) in [5.41, 5.74) is 8.73. The molecule has 2 aromatic heterocycles. The summed E-state index contributed by atoms with van der Waals surface area (Å²) in [6.07, 6.45) is 1.65. The number of pyridine rings is 1. The number of nitrogens with two attached hydrogens (primary N) is 1. The van der Waals surface area contributed by atoms with Crippen LogP contribution in [-0.4, -0.2) is 22.4 Å². The molecule has 0 aliphatic carbocycles. The molecule has 0 amide bonds. The van der Waals surface area contributed by atoms with Gasteiger partial charge in [0.2, 0.25) is 7.41 Å². The third kappa shape index (κ3) is 1.24. The second kappa shape index (κ2) is 3.21. The van der Waals surface area contributed by atoms with Crippen molar-refractivity contribution in [3.8, 4) is 0 Å². The molecule has 0 fully saturated rings. The molecule has 0 saturated carbocycles. The number of hydrogen-bond acceptors (Lipinski definition) is 3. The lowest BCUT2D eigenvalue weighted by Gasteiger charge is -2.00. The Bertz CT molecular complexity index is 730. The molecule has 1 aromatic carbocycles. The van der Waals surface area contributed by atoms with E-state index >= 15 is 0 Å². The number of nitrogens with one attached hydrogen (secondary N) is 2. The highest BCUT2D eigenvalue weighted by Crippen LogP contribution is 2.17. The molecule has 16 heavy (non-hydrogen) atoms. The zero-order valence-corrected chi connectivity index (χ0v) is 8.45. The molecule has 0 spiro atoms. The van der Waals surface area contributed by atoms with Crippen molar-refractivity contribution < 1.29 is 0 Å². The average Bonchev–Trinajstić information content (AvgIpc) is 2.69. The fourth-order valence-corrected chi connectivity index (χ4v) is 1.86. The van der Waals surface area contributed by atoms with Gasteiger partial charge in [-0.1, -0.05) is 17.6 Å². The quantitative estimate of drug-likeness (QED) is 0.468. The molecule has 5 nitrogen and oxygen atoms in total. The Hall–Kier alpha value is -2.08. The van der Waals surface area contributed by atoms with Crippen LogP contribution in [0.25, 0.3) is 21.9 Å². The first kappa shape index (κ1) is 9.17. The van der Waals surface area contributed by atoms with Gasteiger partial charge in [0.15, 0.2) is 0 Å². The second-order valence-electron chi connectivity index (χ2n) is 3.68. The van der Waals surface area contributed by atoms with Crippen molar-refractivity contribution in [2.24, 2.45) is 5.64 Å². The number of nitrogens with zero attached hydrogens (tertiary/aromatic N) is 1. The predicted octanol–water partition coefficient (Wildman–Crippen LogP) is -0.660. The van der Waals surface area contributed by atoms with Gasteiger partial charge in [-0.2, -0.15) is 0 Å². The van der Waals surface area contributed by atoms with Gasteiger partial charge in [-0.05, 0) is 6.07 Å². The van der Waals surface area contributed by atoms with Crippen LogP contribution < -0.4 is 16.8 Å². The molecule has 0 saturated heterocycles. The molecule has 3 aromatic rings. The van der Waals surface area contributed by atoms with E-state index in [-0.39, 0.29) is 5.69 Å². The van der Waals surface area contributed by atoms with Crippen LogP contribution in [0.5, 0.6) is 0 Å². The Morgan fingerprint density at radius 3 is 3.00 bits per heavy atom. The fraction of sp³-hybridized carbons (Fsp3) is 0. The molecule has 3 rings (SSSR count). The van der Waals surface area contributed by atoms with Crippen molar-refractivity contribution in [3.05, 3.63) is 34.9 Å². The van der Waals surface area contributed by atoms with Gasteiger partial charge in [0.1, 0.15) is 0 Å². The van der Waals surface area contributed by atoms with Gasteiger partial charge in [-0.15, -0.1) is 0 Å². The summed E-state index contributed by atoms with van der Waals surface area (Å²) >= 11 is 0. The van der Waals surface area contributed by atoms with Crippen LogP contribution in [0, 0.1) is 0 Å². The zero-order valence-electron chi connectivity index (χ0n) is 8.45. The molecular weight excluding hydrogens is 203 g/mol. The summed E-state index contributed by atoms with van der Waals surface area (Å²) in [4.78, 5) is 20.9. The van der Waals surface area contributed by atoms with Crippen molar-refractivity contribution in [2.75, 3.05) is 0 Å². The predicted molar refractivity (Wildman–Crippen MR) is 65.2 cm³/mol. The number of benzene rings is 1. The summed E-state index contributed by atoms with van der Waals surface area (Å²) in [5, 5.41) is 0.916. The number of imidazole rings is 1. The van der Waals surface area contributed by atoms with Crippen LogP contribution in [0.15, 0.2) is 29.2 Å². The van der Waals surface area contributed by atoms with Gasteiger partial charge in [0, 0.05) is 5.39 Å². The first-order chi connectivity index (χ1) is 7.78. The van der Waals surface area contributed by atoms with E-state index in [1.165, 1.54) is 0 Å². The molecule has 2 heterocycles. The van der Waals surface area contributed by atoms with E-state index in [4.69, 9.17) is 5.64 Å². The number of hydrogen-bond donors (Lipinski definition) is 3. The van der Waals surface area contributed by atoms with E-state index in [9.17, 15) is 4.79 Å². The molecule has 0 aliphatic heterocycles. The van der Waals surface area contributed by atoms with E-state index in [1.54, 1.807) is 6.20 Å². The number of H-pyrrole nitrogens is 2. The van der Waals surface area contributed by atoms with Gasteiger partial charge in [-0.3, -0.25) is 4.98 Å². The van der Waals surface area contributed by atoms with E-state index in [2.05, 4.69) is 15.0 Å². The molecule has 4 N–H and O–H groups in total. The monoisotopic (exact) mass is 212 g/mol. The lowest BCUT2D eigenvalue weighted by atomic mass is 9.84. The van der Waals surface area contributed by atoms with Gasteiger partial charge in [0.05, 0.1) is 22.7 Å². The van der Waals surface area contributed by atoms with Gasteiger partial charge in [0.25, 0.3) is 0 Å². The Labute approximate surface area is 91.0 Å². The second-order valence-corrected chi connectivity index (χ2v) is 3.68. The Morgan fingerprint density at radius 1 is 1.31 bits per heavy atom. The van der Waals surface area contributed by atoms with Crippen LogP contribution >= 0.6 is 0 Å². The summed E-state index contributed by atoms with van der Waals surface area (Å²) in [6, 6.07) is 5.79. The topological polar surface area (TPSA) is 87.6 Å². The largest absolute Gasteiger partial charge is 0.369 e. The fourth-order valence-electron chi connectivity index (χ4n) is 1.86. The first-order valence-electron chi connectivity index (χ1n) is 4.97. The molecule has 78 valence electrons. The summed E-state index contributed by atoms with van der Waals surface area (Å²) in [6.45, 7) is 0. The standard InChI is InChI=1S/C10H9BN4O/c12-11-5-1-2-7-6(3-5)9-8(4-13-7)14-10(16)15-9/h1-4,11H,12H2,(H2,14,15,16). The van der Waals surface area contributed by atoms with Crippen molar-refractivity contribution in [3.63, 3.8) is 0 Å². The number of aromatic amines is 2. The number of rotatable bonds is 1. The maximum atomic E-state index is 11.2. The minimum atomic E-state index is -0.220. The highest BCUT2D eigenvalue weighted by atomic mass is 16.1. The molecule has 6 heteroatoms. The maximum absolute atomic E-state index is 11.2. The Balaban J connectivity index is 2.51. The minimum absolute atomic E-state index is 0.220. The summed E-state index contributed by atoms with van der Waals surface area (Å²) in [7, 11) is 0.473. The maximum Gasteiger partial charge on any atom is 0.323 e. The number of fused-ring (bicyclic) bond motifs is 3. The van der Waals surface area contributed by atoms with Crippen LogP contribution in [0.2, 0.25) is 0 Å². The molecular formula is C10H9BN4O. The van der Waals surface area contributed by atoms with Crippen LogP contribution in [0.3, 0.4) is 0 Å². The normalized spacial score (nSPS) is 11.1. The molecule has 0 radical (unpaired) electrons. The highest BCUT2D eigenvalue weighted by molar-refractivity contribution is 6.50. The first-order valence-corrected chi connectivity index (χ1v) is 4.97. The van der Waals surface area contributed by atoms with Crippen LogP contribution in [0.4, 0.5) is 0 Å². The Morgan fingerprint density at radius 2 is 2.19 bits per heavy atom. The van der Waals surface area contributed by atoms with Gasteiger partial charge < -0.3 is 15.6 Å². The van der Waals surface area contributed by atoms with Crippen molar-refractivity contribution in [1.29, 1.82) is 0 Å². The SMILES string of the molecule is NBc1ccc2ncc3[nH]c(=O)[nH]c3c2c1. The minimum Gasteiger partial charge on any atom is -0.369 e. The molecule has 0 aliphatic rings. The van der Waals surface area contributed by atoms with E-state index in [0.717, 1.165) is 21.9 Å². The van der Waals surface area contributed by atoms with E-state index in [1.807, 2.05) is 18.2 Å². The smallest absolute Gasteiger partial charge is 0.323 e. The third-order valence-corrected chi connectivity index (χ3v) is 2.65. The van der Waals surface area contributed by atoms with E-state index in [0.29, 0.717) is 12.9 Å². The average molecular weight is 212 g/mol. The number of aromatic nitrogens is 3. The van der Waals surface area contributed by atoms with E-state index < -0.39 is 0 Å². The third-order valence-electron chi connectivity index (χ3n) is 2.65. The summed E-state index contributed by atoms with van der Waals surface area (Å²) < 4.78 is 0. The molecule has 0 bridgehead atoms. The van der Waals surface area contributed by atoms with Crippen molar-refractivity contribution >= 4 is 34.8 Å². The van der Waals surface area contributed by atoms with Crippen LogP contribution in [-0.2, 0) is 0 Å². The van der Waals surface area contributed by atoms with Crippen molar-refractivity contribution in [2.45, 2.75) is 0 Å². The summed E-state index contributed by atoms with van der Waals surface area (Å²) in [5.74, 6) is 0. The lowest BCUT2D eigenvalue weighted by molar-refractivity contribution is 1.21. The van der Waals surface area contributed by atoms with Gasteiger partial charge >= 0.3 is 5.69 Å². The lowest BCUT2D eigenvalue weighted by Crippen LogP contribution is -2.22. The molecule has 0 atom stereocenters. The highest BCUT2D eigenvalue weighted by Gasteiger charge is 2.05. The zero-order chi connectivity index (χ0) is 11.1. The molecule has 0 unspecified atom stereocenters. The Kier molecular flexibility index (Phi) is 1.84.